The quantitative estimate of drug-likeness (QED) is 0.256. The molecule has 1 aliphatic heterocycles. The fourth-order valence-corrected chi connectivity index (χ4v) is 17.7. The molecular weight excluding hydrogens is 759 g/mol. The number of fused-ring (bicyclic) bond motifs is 7. The summed E-state index contributed by atoms with van der Waals surface area (Å²) >= 11 is 0. The van der Waals surface area contributed by atoms with Crippen molar-refractivity contribution >= 4 is 17.8 Å². The van der Waals surface area contributed by atoms with E-state index in [-0.39, 0.29) is 51.1 Å². The number of ether oxygens (including phenoxy) is 1. The Hall–Kier alpha value is -3.16. The van der Waals surface area contributed by atoms with E-state index in [1.807, 2.05) is 26.1 Å². The first-order chi connectivity index (χ1) is 28.9. The molecule has 61 heavy (non-hydrogen) atoms. The molecule has 8 nitrogen and oxygen atoms in total. The number of carboxylic acid groups (broad SMARTS) is 1. The van der Waals surface area contributed by atoms with Crippen molar-refractivity contribution in [3.05, 3.63) is 42.4 Å². The predicted molar refractivity (Wildman–Crippen MR) is 237 cm³/mol. The van der Waals surface area contributed by atoms with Crippen LogP contribution in [0.3, 0.4) is 0 Å². The van der Waals surface area contributed by atoms with E-state index in [0.717, 1.165) is 75.0 Å². The van der Waals surface area contributed by atoms with Crippen molar-refractivity contribution in [2.75, 3.05) is 6.54 Å². The molecule has 2 aromatic rings. The van der Waals surface area contributed by atoms with Gasteiger partial charge in [-0.3, -0.25) is 14.4 Å². The molecule has 10 rings (SSSR count). The summed E-state index contributed by atoms with van der Waals surface area (Å²) in [5.74, 6) is 2.22. The molecule has 0 spiro atoms. The first kappa shape index (κ1) is 41.8. The van der Waals surface area contributed by atoms with Crippen LogP contribution >= 0.6 is 0 Å². The molecule has 0 bridgehead atoms. The first-order valence-corrected chi connectivity index (χ1v) is 24.7. The van der Waals surface area contributed by atoms with Crippen LogP contribution in [0, 0.1) is 79.3 Å². The van der Waals surface area contributed by atoms with Gasteiger partial charge in [-0.15, -0.1) is 0 Å². The molecule has 0 radical (unpaired) electrons. The maximum Gasteiger partial charge on any atom is 0.309 e. The van der Waals surface area contributed by atoms with E-state index < -0.39 is 17.3 Å². The number of carbonyl (C=O) groups is 3. The molecular formula is C53H75N3O5. The second-order valence-corrected chi connectivity index (χ2v) is 24.2. The van der Waals surface area contributed by atoms with Gasteiger partial charge < -0.3 is 19.7 Å². The summed E-state index contributed by atoms with van der Waals surface area (Å²) in [4.78, 5) is 52.5. The van der Waals surface area contributed by atoms with E-state index in [2.05, 4.69) is 75.7 Å². The van der Waals surface area contributed by atoms with Crippen molar-refractivity contribution in [1.29, 1.82) is 0 Å². The molecule has 1 aromatic carbocycles. The maximum absolute atomic E-state index is 15.7. The van der Waals surface area contributed by atoms with Gasteiger partial charge in [-0.25, -0.2) is 4.98 Å². The van der Waals surface area contributed by atoms with Crippen LogP contribution in [0.1, 0.15) is 170 Å². The highest BCUT2D eigenvalue weighted by Crippen LogP contribution is 2.79. The van der Waals surface area contributed by atoms with Gasteiger partial charge in [-0.05, 0) is 165 Å². The normalized spacial score (nSPS) is 45.4. The summed E-state index contributed by atoms with van der Waals surface area (Å²) in [6.45, 7) is 20.1. The lowest BCUT2D eigenvalue weighted by Crippen LogP contribution is -2.67. The minimum absolute atomic E-state index is 0.0108. The molecule has 1 amide bonds. The number of aromatic nitrogens is 2. The zero-order valence-electron chi connectivity index (χ0n) is 38.7. The van der Waals surface area contributed by atoms with Gasteiger partial charge in [0.25, 0.3) is 0 Å². The third kappa shape index (κ3) is 5.72. The second-order valence-electron chi connectivity index (χ2n) is 24.2. The molecule has 8 aliphatic rings. The number of H-pyrrole nitrogens is 1. The summed E-state index contributed by atoms with van der Waals surface area (Å²) in [5, 5.41) is 9.85. The van der Waals surface area contributed by atoms with E-state index in [9.17, 15) is 14.7 Å². The maximum atomic E-state index is 15.7. The molecule has 14 atom stereocenters. The fraction of sp³-hybridized carbons (Fsp3) is 0.774. The van der Waals surface area contributed by atoms with Crippen molar-refractivity contribution in [2.24, 2.45) is 79.3 Å². The SMILES string of the molecule is CCC1(C)C(C(=O)O)CC1C(=O)O[C@H]1CC[C@]2(C)C3CC[C@@H]4[C@H]5[C@H](C6(C)CC6)CC[C@]5(C(=O)N5CCCC5c5ncc(-c6ccccc6)[nH]5)CC[C@@]4(C)[C@]3(C)CC[C@H]2C1(C)C. The fourth-order valence-electron chi connectivity index (χ4n) is 17.7. The number of aliphatic carboxylic acids is 1. The smallest absolute Gasteiger partial charge is 0.309 e. The Balaban J connectivity index is 0.912. The second kappa shape index (κ2) is 13.9. The topological polar surface area (TPSA) is 113 Å². The highest BCUT2D eigenvalue weighted by Gasteiger charge is 2.74. The Labute approximate surface area is 365 Å². The number of aromatic amines is 1. The average Bonchev–Trinajstić information content (AvgIpc) is 3.60. The van der Waals surface area contributed by atoms with Gasteiger partial charge in [-0.1, -0.05) is 85.7 Å². The Kier molecular flexibility index (Phi) is 9.54. The number of benzene rings is 1. The van der Waals surface area contributed by atoms with Crippen molar-refractivity contribution in [3.8, 4) is 11.3 Å². The molecule has 7 saturated carbocycles. The Morgan fingerprint density at radius 2 is 1.56 bits per heavy atom. The monoisotopic (exact) mass is 834 g/mol. The van der Waals surface area contributed by atoms with Crippen LogP contribution in [-0.4, -0.2) is 50.5 Å². The van der Waals surface area contributed by atoms with Crippen LogP contribution in [0.2, 0.25) is 0 Å². The predicted octanol–water partition coefficient (Wildman–Crippen LogP) is 11.7. The highest BCUT2D eigenvalue weighted by molar-refractivity contribution is 5.85. The Morgan fingerprint density at radius 3 is 2.26 bits per heavy atom. The van der Waals surface area contributed by atoms with Gasteiger partial charge in [0.05, 0.1) is 35.2 Å². The van der Waals surface area contributed by atoms with Gasteiger partial charge in [0.15, 0.2) is 0 Å². The van der Waals surface area contributed by atoms with Gasteiger partial charge in [0, 0.05) is 12.0 Å². The molecule has 8 fully saturated rings. The van der Waals surface area contributed by atoms with Crippen LogP contribution in [0.4, 0.5) is 0 Å². The first-order valence-electron chi connectivity index (χ1n) is 24.7. The number of amides is 1. The van der Waals surface area contributed by atoms with Crippen LogP contribution in [0.15, 0.2) is 36.5 Å². The number of hydrogen-bond acceptors (Lipinski definition) is 5. The number of nitrogens with one attached hydrogen (secondary N) is 1. The Morgan fingerprint density at radius 1 is 0.803 bits per heavy atom. The van der Waals surface area contributed by atoms with Gasteiger partial charge in [0.2, 0.25) is 5.91 Å². The van der Waals surface area contributed by atoms with E-state index in [1.54, 1.807) is 0 Å². The summed E-state index contributed by atoms with van der Waals surface area (Å²) in [6, 6.07) is 10.4. The third-order valence-corrected chi connectivity index (χ3v) is 21.9. The highest BCUT2D eigenvalue weighted by atomic mass is 16.5. The van der Waals surface area contributed by atoms with Crippen LogP contribution < -0.4 is 0 Å². The third-order valence-electron chi connectivity index (χ3n) is 21.9. The van der Waals surface area contributed by atoms with E-state index in [0.29, 0.717) is 53.8 Å². The standard InChI is InChI=1S/C53H75N3O5/c1-9-49(5)35(44(57)58)30-36(49)45(59)61-41-21-22-50(6)39(47(41,2)3)20-23-52(8)40(50)18-17-34-42-33(48(4)25-26-48)19-24-53(42,28-27-51(34,52)7)46(60)56-29-13-16-38(56)43-54-31-37(55-43)32-14-11-10-12-15-32/h10-12,14-15,31,33-36,38-42H,9,13,16-30H2,1-8H3,(H,54,55)(H,57,58)/t33-,34-,35?,36?,38?,39+,40?,41+,42-,49?,50+,51-,52-,53+/m1/s1. The lowest BCUT2D eigenvalue weighted by Gasteiger charge is -2.73. The molecule has 7 aliphatic carbocycles. The molecule has 2 N–H and O–H groups in total. The molecule has 5 unspecified atom stereocenters. The summed E-state index contributed by atoms with van der Waals surface area (Å²) in [5.41, 5.74) is 1.99. The van der Waals surface area contributed by atoms with Crippen molar-refractivity contribution < 1.29 is 24.2 Å². The summed E-state index contributed by atoms with van der Waals surface area (Å²) in [6.07, 6.45) is 18.6. The zero-order chi connectivity index (χ0) is 43.1. The van der Waals surface area contributed by atoms with Gasteiger partial charge in [-0.2, -0.15) is 0 Å². The average molecular weight is 834 g/mol. The van der Waals surface area contributed by atoms with Crippen molar-refractivity contribution in [1.82, 2.24) is 14.9 Å². The molecule has 2 heterocycles. The number of rotatable bonds is 8. The number of esters is 1. The number of carbonyl (C=O) groups excluding carboxylic acids is 2. The molecule has 8 heteroatoms. The summed E-state index contributed by atoms with van der Waals surface area (Å²) < 4.78 is 6.55. The van der Waals surface area contributed by atoms with E-state index >= 15 is 4.79 Å². The van der Waals surface area contributed by atoms with Gasteiger partial charge in [0.1, 0.15) is 11.9 Å². The van der Waals surface area contributed by atoms with Gasteiger partial charge >= 0.3 is 11.9 Å². The van der Waals surface area contributed by atoms with Crippen LogP contribution in [-0.2, 0) is 19.1 Å². The number of carboxylic acids is 1. The number of imidazole rings is 1. The van der Waals surface area contributed by atoms with Crippen molar-refractivity contribution in [3.63, 3.8) is 0 Å². The van der Waals surface area contributed by atoms with Crippen LogP contribution in [0.25, 0.3) is 11.3 Å². The Bertz CT molecular complexity index is 2070. The van der Waals surface area contributed by atoms with Crippen LogP contribution in [0.5, 0.6) is 0 Å². The zero-order valence-corrected chi connectivity index (χ0v) is 38.7. The number of nitrogens with zero attached hydrogens (tertiary/aromatic N) is 2. The largest absolute Gasteiger partial charge is 0.481 e. The molecule has 1 saturated heterocycles. The lowest BCUT2D eigenvalue weighted by molar-refractivity contribution is -0.253. The number of hydrogen-bond donors (Lipinski definition) is 2. The summed E-state index contributed by atoms with van der Waals surface area (Å²) in [7, 11) is 0. The number of likely N-dealkylation sites (tertiary alicyclic amines) is 1. The van der Waals surface area contributed by atoms with Crippen molar-refractivity contribution in [2.45, 2.75) is 170 Å². The minimum atomic E-state index is -0.792. The molecule has 332 valence electrons. The molecule has 1 aromatic heterocycles. The minimum Gasteiger partial charge on any atom is -0.481 e. The lowest BCUT2D eigenvalue weighted by atomic mass is 9.32. The van der Waals surface area contributed by atoms with E-state index in [4.69, 9.17) is 9.72 Å². The van der Waals surface area contributed by atoms with E-state index in [1.165, 1.54) is 38.5 Å².